The van der Waals surface area contributed by atoms with Crippen LogP contribution < -0.4 is 31.5 Å². The zero-order valence-electron chi connectivity index (χ0n) is 25.1. The number of rotatable bonds is 7. The maximum Gasteiger partial charge on any atom is 0.346 e. The fourth-order valence-electron chi connectivity index (χ4n) is 3.91. The van der Waals surface area contributed by atoms with Crippen LogP contribution in [-0.2, 0) is 4.79 Å². The number of aromatic nitrogens is 1. The van der Waals surface area contributed by atoms with Gasteiger partial charge in [0, 0.05) is 13.8 Å². The van der Waals surface area contributed by atoms with Gasteiger partial charge >= 0.3 is 5.63 Å². The molecule has 5 rings (SSSR count). The van der Waals surface area contributed by atoms with Gasteiger partial charge in [0.05, 0.1) is 46.7 Å². The van der Waals surface area contributed by atoms with Crippen molar-refractivity contribution < 1.29 is 23.5 Å². The monoisotopic (exact) mass is 596 g/mol. The number of hydrogen-bond donors (Lipinski definition) is 3. The van der Waals surface area contributed by atoms with Gasteiger partial charge in [-0.1, -0.05) is 48.5 Å². The average molecular weight is 597 g/mol. The lowest BCUT2D eigenvalue weighted by molar-refractivity contribution is -0.114. The van der Waals surface area contributed by atoms with Crippen LogP contribution in [0.5, 0.6) is 11.5 Å². The Hall–Kier alpha value is -5.64. The molecule has 0 aliphatic heterocycles. The number of nitrogen functional groups attached to an aromatic ring is 1. The Morgan fingerprint density at radius 3 is 2.02 bits per heavy atom. The number of fused-ring (bicyclic) bond motifs is 1. The van der Waals surface area contributed by atoms with E-state index in [9.17, 15) is 14.4 Å². The Morgan fingerprint density at radius 2 is 1.34 bits per heavy atom. The molecule has 228 valence electrons. The first-order valence-electron chi connectivity index (χ1n) is 14.0. The van der Waals surface area contributed by atoms with Gasteiger partial charge < -0.3 is 30.3 Å². The molecule has 1 aromatic heterocycles. The largest absolute Gasteiger partial charge is 0.492 e. The zero-order valence-corrected chi connectivity index (χ0v) is 25.1. The summed E-state index contributed by atoms with van der Waals surface area (Å²) in [7, 11) is 0. The molecule has 1 heterocycles. The van der Waals surface area contributed by atoms with Gasteiger partial charge in [-0.2, -0.15) is 0 Å². The van der Waals surface area contributed by atoms with Crippen molar-refractivity contribution in [1.29, 1.82) is 0 Å². The molecule has 0 fully saturated rings. The molecular formula is C34H36N4O6. The summed E-state index contributed by atoms with van der Waals surface area (Å²) in [5, 5.41) is 5.99. The molecule has 5 aromatic rings. The van der Waals surface area contributed by atoms with Crippen molar-refractivity contribution in [3.05, 3.63) is 119 Å². The Kier molecular flexibility index (Phi) is 12.5. The Bertz CT molecular complexity index is 1750. The lowest BCUT2D eigenvalue weighted by Gasteiger charge is -2.13. The minimum Gasteiger partial charge on any atom is -0.492 e. The molecule has 0 aliphatic carbocycles. The number of aryl methyl sites for hydroxylation is 1. The van der Waals surface area contributed by atoms with Crippen LogP contribution in [0.15, 0.2) is 106 Å². The highest BCUT2D eigenvalue weighted by molar-refractivity contribution is 6.10. The number of anilines is 3. The summed E-state index contributed by atoms with van der Waals surface area (Å²) < 4.78 is 15.5. The number of para-hydroxylation sites is 6. The van der Waals surface area contributed by atoms with E-state index in [2.05, 4.69) is 15.6 Å². The minimum absolute atomic E-state index is 0.227. The number of amides is 2. The summed E-state index contributed by atoms with van der Waals surface area (Å²) in [6.07, 6.45) is 0. The highest BCUT2D eigenvalue weighted by Gasteiger charge is 2.14. The third kappa shape index (κ3) is 9.73. The summed E-state index contributed by atoms with van der Waals surface area (Å²) in [5.74, 6) is 1.24. The first-order chi connectivity index (χ1) is 21.2. The van der Waals surface area contributed by atoms with E-state index in [0.29, 0.717) is 58.4 Å². The highest BCUT2D eigenvalue weighted by Crippen LogP contribution is 2.25. The molecule has 0 saturated carbocycles. The molecule has 4 aromatic carbocycles. The average Bonchev–Trinajstić information content (AvgIpc) is 3.00. The van der Waals surface area contributed by atoms with E-state index in [1.807, 2.05) is 56.3 Å². The molecule has 0 saturated heterocycles. The van der Waals surface area contributed by atoms with Crippen molar-refractivity contribution in [1.82, 2.24) is 4.98 Å². The Labute approximate surface area is 255 Å². The SMILES string of the molecule is CCOc1ccccc1N.CCOc1ccccc1NC(=O)c1ccccc1NC(C)=O.Cc1nc2ccccc2c(=O)o1. The van der Waals surface area contributed by atoms with Crippen LogP contribution in [0.3, 0.4) is 0 Å². The van der Waals surface area contributed by atoms with Gasteiger partial charge in [-0.15, -0.1) is 0 Å². The molecule has 44 heavy (non-hydrogen) atoms. The highest BCUT2D eigenvalue weighted by atomic mass is 16.5. The summed E-state index contributed by atoms with van der Waals surface area (Å²) in [6, 6.07) is 28.7. The first-order valence-corrected chi connectivity index (χ1v) is 14.0. The van der Waals surface area contributed by atoms with E-state index in [1.165, 1.54) is 6.92 Å². The van der Waals surface area contributed by atoms with E-state index in [4.69, 9.17) is 19.6 Å². The van der Waals surface area contributed by atoms with Crippen LogP contribution in [0.4, 0.5) is 17.1 Å². The van der Waals surface area contributed by atoms with Gasteiger partial charge in [-0.25, -0.2) is 9.78 Å². The Morgan fingerprint density at radius 1 is 0.773 bits per heavy atom. The topological polar surface area (TPSA) is 146 Å². The summed E-state index contributed by atoms with van der Waals surface area (Å²) in [5.41, 5.74) is 8.10. The predicted octanol–water partition coefficient (Wildman–Crippen LogP) is 6.46. The van der Waals surface area contributed by atoms with E-state index in [0.717, 1.165) is 5.75 Å². The number of benzene rings is 4. The molecule has 4 N–H and O–H groups in total. The number of carbonyl (C=O) groups excluding carboxylic acids is 2. The normalized spacial score (nSPS) is 9.91. The van der Waals surface area contributed by atoms with E-state index in [-0.39, 0.29) is 17.4 Å². The molecule has 0 unspecified atom stereocenters. The second-order valence-corrected chi connectivity index (χ2v) is 9.12. The van der Waals surface area contributed by atoms with Crippen molar-refractivity contribution in [2.24, 2.45) is 0 Å². The molecule has 10 heteroatoms. The summed E-state index contributed by atoms with van der Waals surface area (Å²) in [6.45, 7) is 8.05. The van der Waals surface area contributed by atoms with Crippen LogP contribution in [0.2, 0.25) is 0 Å². The minimum atomic E-state index is -0.321. The molecular weight excluding hydrogens is 560 g/mol. The van der Waals surface area contributed by atoms with Gasteiger partial charge in [0.25, 0.3) is 5.91 Å². The van der Waals surface area contributed by atoms with Crippen molar-refractivity contribution in [3.63, 3.8) is 0 Å². The van der Waals surface area contributed by atoms with E-state index in [1.54, 1.807) is 61.5 Å². The second-order valence-electron chi connectivity index (χ2n) is 9.12. The summed E-state index contributed by atoms with van der Waals surface area (Å²) >= 11 is 0. The zero-order chi connectivity index (χ0) is 31.9. The number of hydrogen-bond acceptors (Lipinski definition) is 8. The van der Waals surface area contributed by atoms with Gasteiger partial charge in [-0.05, 0) is 62.4 Å². The standard InChI is InChI=1S/C17H18N2O3.C9H7NO2.C8H11NO/c1-3-22-16-11-7-6-10-15(16)19-17(21)13-8-4-5-9-14(13)18-12(2)20;1-6-10-8-5-3-2-4-7(8)9(11)12-6;1-2-10-8-6-4-3-5-7(8)9/h4-11H,3H2,1-2H3,(H,18,20)(H,19,21);2-5H,1H3;3-6H,2,9H2,1H3. The van der Waals surface area contributed by atoms with Crippen LogP contribution in [0.25, 0.3) is 10.9 Å². The quantitative estimate of drug-likeness (QED) is 0.182. The molecule has 0 spiro atoms. The third-order valence-electron chi connectivity index (χ3n) is 5.78. The fraction of sp³-hybridized carbons (Fsp3) is 0.176. The maximum absolute atomic E-state index is 12.5. The number of nitrogens with zero attached hydrogens (tertiary/aromatic N) is 1. The number of nitrogens with one attached hydrogen (secondary N) is 2. The van der Waals surface area contributed by atoms with E-state index >= 15 is 0 Å². The lowest BCUT2D eigenvalue weighted by Crippen LogP contribution is -2.17. The number of carbonyl (C=O) groups is 2. The number of nitrogens with two attached hydrogens (primary N) is 1. The summed E-state index contributed by atoms with van der Waals surface area (Å²) in [4.78, 5) is 38.9. The van der Waals surface area contributed by atoms with Crippen molar-refractivity contribution >= 4 is 39.8 Å². The van der Waals surface area contributed by atoms with Gasteiger partial charge in [0.1, 0.15) is 11.5 Å². The maximum atomic E-state index is 12.5. The van der Waals surface area contributed by atoms with Crippen LogP contribution in [0.1, 0.15) is 37.0 Å². The lowest BCUT2D eigenvalue weighted by atomic mass is 10.1. The van der Waals surface area contributed by atoms with Crippen LogP contribution in [0, 0.1) is 6.92 Å². The van der Waals surface area contributed by atoms with Crippen LogP contribution >= 0.6 is 0 Å². The predicted molar refractivity (Wildman–Crippen MR) is 173 cm³/mol. The molecule has 0 bridgehead atoms. The van der Waals surface area contributed by atoms with Crippen LogP contribution in [-0.4, -0.2) is 30.0 Å². The first kappa shape index (κ1) is 32.9. The molecule has 0 radical (unpaired) electrons. The smallest absolute Gasteiger partial charge is 0.346 e. The number of ether oxygens (including phenoxy) is 2. The van der Waals surface area contributed by atoms with E-state index < -0.39 is 0 Å². The Balaban J connectivity index is 0.000000201. The fourth-order valence-corrected chi connectivity index (χ4v) is 3.91. The van der Waals surface area contributed by atoms with Gasteiger partial charge in [-0.3, -0.25) is 9.59 Å². The third-order valence-corrected chi connectivity index (χ3v) is 5.78. The van der Waals surface area contributed by atoms with Gasteiger partial charge in [0.15, 0.2) is 5.89 Å². The van der Waals surface area contributed by atoms with Crippen molar-refractivity contribution in [3.8, 4) is 11.5 Å². The molecule has 10 nitrogen and oxygen atoms in total. The van der Waals surface area contributed by atoms with Crippen molar-refractivity contribution in [2.75, 3.05) is 29.6 Å². The second kappa shape index (κ2) is 16.7. The van der Waals surface area contributed by atoms with Gasteiger partial charge in [0.2, 0.25) is 5.91 Å². The van der Waals surface area contributed by atoms with Crippen molar-refractivity contribution in [2.45, 2.75) is 27.7 Å². The molecule has 2 amide bonds. The molecule has 0 aliphatic rings. The molecule has 0 atom stereocenters.